The van der Waals surface area contributed by atoms with Crippen LogP contribution >= 0.6 is 0 Å². The van der Waals surface area contributed by atoms with Crippen molar-refractivity contribution in [3.63, 3.8) is 0 Å². The van der Waals surface area contributed by atoms with Crippen molar-refractivity contribution in [3.8, 4) is 5.75 Å². The molecule has 3 rings (SSSR count). The summed E-state index contributed by atoms with van der Waals surface area (Å²) in [4.78, 5) is 30.3. The van der Waals surface area contributed by atoms with Crippen molar-refractivity contribution in [2.75, 3.05) is 37.4 Å². The first-order valence-corrected chi connectivity index (χ1v) is 11.3. The third-order valence-corrected chi connectivity index (χ3v) is 5.44. The van der Waals surface area contributed by atoms with Crippen LogP contribution in [0.2, 0.25) is 0 Å². The summed E-state index contributed by atoms with van der Waals surface area (Å²) in [5.41, 5.74) is 2.85. The van der Waals surface area contributed by atoms with Gasteiger partial charge in [-0.05, 0) is 38.1 Å². The summed E-state index contributed by atoms with van der Waals surface area (Å²) >= 11 is 0. The van der Waals surface area contributed by atoms with Gasteiger partial charge in [0.1, 0.15) is 18.9 Å². The molecule has 0 aliphatic carbocycles. The monoisotopic (exact) mass is 482 g/mol. The van der Waals surface area contributed by atoms with Crippen molar-refractivity contribution in [3.05, 3.63) is 66.0 Å². The van der Waals surface area contributed by atoms with Crippen LogP contribution in [0.25, 0.3) is 0 Å². The first-order valence-electron chi connectivity index (χ1n) is 11.3. The number of hydrogen-bond donors (Lipinski definition) is 2. The summed E-state index contributed by atoms with van der Waals surface area (Å²) in [7, 11) is 1.71. The van der Waals surface area contributed by atoms with E-state index in [1.807, 2.05) is 31.2 Å². The lowest BCUT2D eigenvalue weighted by Gasteiger charge is -2.17. The zero-order valence-electron chi connectivity index (χ0n) is 20.4. The Bertz CT molecular complexity index is 1150. The number of benzene rings is 1. The van der Waals surface area contributed by atoms with Crippen molar-refractivity contribution in [1.82, 2.24) is 19.7 Å². The molecule has 0 spiro atoms. The molecule has 1 aromatic carbocycles. The van der Waals surface area contributed by atoms with Gasteiger partial charge in [-0.3, -0.25) is 14.3 Å². The molecule has 0 saturated carbocycles. The van der Waals surface area contributed by atoms with E-state index in [2.05, 4.69) is 20.7 Å². The molecule has 2 N–H and O–H groups in total. The maximum Gasteiger partial charge on any atom is 0.244 e. The normalized spacial score (nSPS) is 11.6. The molecule has 9 nitrogen and oxygen atoms in total. The maximum atomic E-state index is 13.1. The molecule has 0 aliphatic heterocycles. The minimum absolute atomic E-state index is 0.0465. The van der Waals surface area contributed by atoms with Gasteiger partial charge in [0.2, 0.25) is 17.8 Å². The van der Waals surface area contributed by atoms with Crippen LogP contribution in [-0.2, 0) is 16.1 Å². The van der Waals surface area contributed by atoms with Gasteiger partial charge in [-0.25, -0.2) is 4.98 Å². The number of nitrogens with one attached hydrogen (secondary N) is 2. The zero-order chi connectivity index (χ0) is 25.4. The number of amides is 2. The Morgan fingerprint density at radius 1 is 1.17 bits per heavy atom. The number of likely N-dealkylation sites (N-methyl/N-ethyl adjacent to an activating group) is 1. The van der Waals surface area contributed by atoms with Gasteiger partial charge >= 0.3 is 0 Å². The van der Waals surface area contributed by atoms with E-state index < -0.39 is 5.95 Å². The number of ether oxygens (including phenoxy) is 1. The number of pyridine rings is 1. The second-order valence-electron chi connectivity index (χ2n) is 8.44. The third-order valence-electron chi connectivity index (χ3n) is 5.44. The number of aromatic nitrogens is 3. The van der Waals surface area contributed by atoms with E-state index in [9.17, 15) is 14.0 Å². The average Bonchev–Trinajstić information content (AvgIpc) is 3.26. The molecule has 0 bridgehead atoms. The van der Waals surface area contributed by atoms with Crippen LogP contribution in [0, 0.1) is 25.7 Å². The average molecular weight is 483 g/mol. The van der Waals surface area contributed by atoms with Gasteiger partial charge in [-0.1, -0.05) is 24.6 Å². The van der Waals surface area contributed by atoms with E-state index in [1.165, 1.54) is 16.9 Å². The van der Waals surface area contributed by atoms with E-state index in [4.69, 9.17) is 4.74 Å². The summed E-state index contributed by atoms with van der Waals surface area (Å²) in [6.45, 7) is 6.69. The molecule has 0 radical (unpaired) electrons. The number of hydrogen-bond acceptors (Lipinski definition) is 6. The molecule has 1 atom stereocenters. The number of rotatable bonds is 11. The number of halogens is 1. The molecule has 0 fully saturated rings. The third kappa shape index (κ3) is 7.80. The summed E-state index contributed by atoms with van der Waals surface area (Å²) in [5.74, 6) is -0.487. The minimum atomic E-state index is -0.545. The predicted molar refractivity (Wildman–Crippen MR) is 132 cm³/mol. The van der Waals surface area contributed by atoms with Crippen molar-refractivity contribution < 1.29 is 18.7 Å². The fourth-order valence-corrected chi connectivity index (χ4v) is 3.17. The molecule has 0 saturated heterocycles. The lowest BCUT2D eigenvalue weighted by molar-refractivity contribution is -0.131. The van der Waals surface area contributed by atoms with Gasteiger partial charge in [-0.15, -0.1) is 0 Å². The fraction of sp³-hybridized carbons (Fsp3) is 0.360. The summed E-state index contributed by atoms with van der Waals surface area (Å²) in [6, 6.07) is 10.6. The molecular weight excluding hydrogens is 451 g/mol. The Morgan fingerprint density at radius 3 is 2.63 bits per heavy atom. The van der Waals surface area contributed by atoms with Crippen molar-refractivity contribution in [1.29, 1.82) is 0 Å². The van der Waals surface area contributed by atoms with E-state index in [0.29, 0.717) is 36.8 Å². The molecule has 10 heteroatoms. The first kappa shape index (κ1) is 25.7. The summed E-state index contributed by atoms with van der Waals surface area (Å²) in [5, 5.41) is 10.1. The van der Waals surface area contributed by atoms with Crippen LogP contribution < -0.4 is 15.4 Å². The van der Waals surface area contributed by atoms with Crippen molar-refractivity contribution in [2.45, 2.75) is 27.3 Å². The van der Waals surface area contributed by atoms with E-state index in [-0.39, 0.29) is 24.3 Å². The Balaban J connectivity index is 1.41. The highest BCUT2D eigenvalue weighted by Gasteiger charge is 2.16. The second kappa shape index (κ2) is 12.0. The SMILES string of the molecule is Cc1ccc(OCCN(C)C(=O)Cn2cc(NC(=O)[C@H](C)CNc3ccc(F)nc3C)cn2)cc1. The highest BCUT2D eigenvalue weighted by molar-refractivity contribution is 5.92. The van der Waals surface area contributed by atoms with E-state index in [1.54, 1.807) is 38.1 Å². The highest BCUT2D eigenvalue weighted by atomic mass is 19.1. The Labute approximate surface area is 204 Å². The molecule has 2 aromatic heterocycles. The Morgan fingerprint density at radius 2 is 1.91 bits per heavy atom. The highest BCUT2D eigenvalue weighted by Crippen LogP contribution is 2.14. The molecule has 35 heavy (non-hydrogen) atoms. The number of aryl methyl sites for hydroxylation is 2. The van der Waals surface area contributed by atoms with Crippen molar-refractivity contribution in [2.24, 2.45) is 5.92 Å². The molecule has 186 valence electrons. The Hall–Kier alpha value is -3.95. The standard InChI is InChI=1S/C25H31FN6O3/c1-17-5-7-21(8-6-17)35-12-11-31(4)24(33)16-32-15-20(14-28-32)30-25(34)18(2)13-27-22-9-10-23(26)29-19(22)3/h5-10,14-15,18,27H,11-13,16H2,1-4H3,(H,30,34)/t18-/m1/s1. The fourth-order valence-electron chi connectivity index (χ4n) is 3.17. The summed E-state index contributed by atoms with van der Waals surface area (Å²) < 4.78 is 20.3. The smallest absolute Gasteiger partial charge is 0.244 e. The largest absolute Gasteiger partial charge is 0.492 e. The van der Waals surface area contributed by atoms with Crippen LogP contribution in [0.4, 0.5) is 15.8 Å². The quantitative estimate of drug-likeness (QED) is 0.407. The minimum Gasteiger partial charge on any atom is -0.492 e. The van der Waals surface area contributed by atoms with Crippen LogP contribution in [0.3, 0.4) is 0 Å². The molecule has 2 amide bonds. The van der Waals surface area contributed by atoms with Gasteiger partial charge in [-0.2, -0.15) is 9.49 Å². The number of carbonyl (C=O) groups excluding carboxylic acids is 2. The van der Waals surface area contributed by atoms with Gasteiger partial charge in [0, 0.05) is 19.8 Å². The van der Waals surface area contributed by atoms with E-state index in [0.717, 1.165) is 11.3 Å². The van der Waals surface area contributed by atoms with Crippen molar-refractivity contribution >= 4 is 23.2 Å². The second-order valence-corrected chi connectivity index (χ2v) is 8.44. The molecular formula is C25H31FN6O3. The number of carbonyl (C=O) groups is 2. The van der Waals surface area contributed by atoms with E-state index >= 15 is 0 Å². The number of anilines is 2. The number of nitrogens with zero attached hydrogens (tertiary/aromatic N) is 4. The predicted octanol–water partition coefficient (Wildman–Crippen LogP) is 3.26. The lowest BCUT2D eigenvalue weighted by Crippen LogP contribution is -2.33. The topological polar surface area (TPSA) is 101 Å². The summed E-state index contributed by atoms with van der Waals surface area (Å²) in [6.07, 6.45) is 3.11. The molecule has 2 heterocycles. The zero-order valence-corrected chi connectivity index (χ0v) is 20.4. The molecule has 0 aliphatic rings. The maximum absolute atomic E-state index is 13.1. The van der Waals surface area contributed by atoms with Gasteiger partial charge in [0.05, 0.1) is 35.7 Å². The first-order chi connectivity index (χ1) is 16.7. The van der Waals surface area contributed by atoms with Crippen LogP contribution in [0.15, 0.2) is 48.8 Å². The van der Waals surface area contributed by atoms with Gasteiger partial charge < -0.3 is 20.3 Å². The van der Waals surface area contributed by atoms with Crippen LogP contribution in [-0.4, -0.2) is 58.2 Å². The lowest BCUT2D eigenvalue weighted by atomic mass is 10.1. The molecule has 3 aromatic rings. The molecule has 0 unspecified atom stereocenters. The van der Waals surface area contributed by atoms with Crippen LogP contribution in [0.5, 0.6) is 5.75 Å². The Kier molecular flexibility index (Phi) is 8.77. The van der Waals surface area contributed by atoms with Crippen LogP contribution in [0.1, 0.15) is 18.2 Å². The van der Waals surface area contributed by atoms with Gasteiger partial charge in [0.25, 0.3) is 0 Å². The van der Waals surface area contributed by atoms with Gasteiger partial charge in [0.15, 0.2) is 0 Å².